The molecule has 0 saturated heterocycles. The Hall–Kier alpha value is -2.48. The highest BCUT2D eigenvalue weighted by atomic mass is 79.9. The molecular formula is C15H11BrFN3O3. The lowest BCUT2D eigenvalue weighted by molar-refractivity contribution is 0.0519. The molecule has 0 aliphatic rings. The second-order valence-corrected chi connectivity index (χ2v) is 5.60. The maximum absolute atomic E-state index is 14.0. The third-order valence-electron chi connectivity index (χ3n) is 3.16. The van der Waals surface area contributed by atoms with Crippen molar-refractivity contribution in [2.75, 3.05) is 6.61 Å². The summed E-state index contributed by atoms with van der Waals surface area (Å²) in [5.41, 5.74) is 0.301. The summed E-state index contributed by atoms with van der Waals surface area (Å²) in [4.78, 5) is 27.8. The maximum Gasteiger partial charge on any atom is 0.357 e. The van der Waals surface area contributed by atoms with Crippen LogP contribution in [0.15, 0.2) is 39.6 Å². The Bertz CT molecular complexity index is 964. The Morgan fingerprint density at radius 3 is 2.87 bits per heavy atom. The summed E-state index contributed by atoms with van der Waals surface area (Å²) >= 11 is 3.19. The number of ether oxygens (including phenoxy) is 1. The van der Waals surface area contributed by atoms with Crippen LogP contribution >= 0.6 is 15.9 Å². The molecule has 2 heterocycles. The van der Waals surface area contributed by atoms with Gasteiger partial charge in [-0.25, -0.2) is 18.7 Å². The molecule has 6 nitrogen and oxygen atoms in total. The van der Waals surface area contributed by atoms with E-state index in [9.17, 15) is 14.0 Å². The van der Waals surface area contributed by atoms with Crippen LogP contribution in [0.25, 0.3) is 16.9 Å². The Morgan fingerprint density at radius 2 is 2.17 bits per heavy atom. The van der Waals surface area contributed by atoms with Crippen LogP contribution in [0.1, 0.15) is 17.4 Å². The van der Waals surface area contributed by atoms with Gasteiger partial charge >= 0.3 is 5.97 Å². The van der Waals surface area contributed by atoms with Crippen molar-refractivity contribution in [3.8, 4) is 11.3 Å². The van der Waals surface area contributed by atoms with Gasteiger partial charge in [0.25, 0.3) is 5.56 Å². The number of hydrogen-bond acceptors (Lipinski definition) is 4. The molecule has 0 aliphatic heterocycles. The number of carbonyl (C=O) groups is 1. The predicted molar refractivity (Wildman–Crippen MR) is 84.9 cm³/mol. The van der Waals surface area contributed by atoms with Gasteiger partial charge in [0.1, 0.15) is 5.82 Å². The monoisotopic (exact) mass is 379 g/mol. The van der Waals surface area contributed by atoms with E-state index >= 15 is 0 Å². The topological polar surface area (TPSA) is 76.5 Å². The maximum atomic E-state index is 14.0. The van der Waals surface area contributed by atoms with Crippen molar-refractivity contribution in [2.45, 2.75) is 6.92 Å². The summed E-state index contributed by atoms with van der Waals surface area (Å²) in [6.45, 7) is 1.84. The van der Waals surface area contributed by atoms with Gasteiger partial charge in [-0.15, -0.1) is 0 Å². The molecule has 0 unspecified atom stereocenters. The van der Waals surface area contributed by atoms with Crippen molar-refractivity contribution in [1.29, 1.82) is 0 Å². The van der Waals surface area contributed by atoms with Crippen LogP contribution in [-0.4, -0.2) is 27.2 Å². The third kappa shape index (κ3) is 2.89. The molecule has 0 aliphatic carbocycles. The number of hydrogen-bond donors (Lipinski definition) is 1. The van der Waals surface area contributed by atoms with Gasteiger partial charge in [0.2, 0.25) is 0 Å². The molecule has 0 atom stereocenters. The zero-order valence-electron chi connectivity index (χ0n) is 12.0. The van der Waals surface area contributed by atoms with Gasteiger partial charge in [0.05, 0.1) is 12.3 Å². The molecular weight excluding hydrogens is 369 g/mol. The highest BCUT2D eigenvalue weighted by Crippen LogP contribution is 2.24. The predicted octanol–water partition coefficient (Wildman–Crippen LogP) is 2.77. The fourth-order valence-electron chi connectivity index (χ4n) is 2.15. The molecule has 0 bridgehead atoms. The largest absolute Gasteiger partial charge is 0.461 e. The van der Waals surface area contributed by atoms with Crippen molar-refractivity contribution in [2.24, 2.45) is 0 Å². The molecule has 0 saturated carbocycles. The molecule has 0 fully saturated rings. The standard InChI is InChI=1S/C15H11BrFN3O3/c1-2-23-15(22)12-7-14(21)20-13(18-12)6-11(19-20)9-4-3-8(16)5-10(9)17/h3-7,19H,2H2,1H3. The number of esters is 1. The summed E-state index contributed by atoms with van der Waals surface area (Å²) in [6, 6.07) is 7.15. The van der Waals surface area contributed by atoms with E-state index in [1.165, 1.54) is 12.1 Å². The smallest absolute Gasteiger partial charge is 0.357 e. The summed E-state index contributed by atoms with van der Waals surface area (Å²) in [6.07, 6.45) is 0. The molecule has 118 valence electrons. The number of rotatable bonds is 3. The van der Waals surface area contributed by atoms with Crippen molar-refractivity contribution in [3.63, 3.8) is 0 Å². The Labute approximate surface area is 138 Å². The van der Waals surface area contributed by atoms with Gasteiger partial charge in [0.15, 0.2) is 11.3 Å². The number of nitrogens with one attached hydrogen (secondary N) is 1. The first-order valence-corrected chi connectivity index (χ1v) is 7.54. The van der Waals surface area contributed by atoms with Gasteiger partial charge < -0.3 is 4.74 Å². The second-order valence-electron chi connectivity index (χ2n) is 4.69. The molecule has 0 radical (unpaired) electrons. The van der Waals surface area contributed by atoms with Crippen molar-refractivity contribution < 1.29 is 13.9 Å². The molecule has 3 rings (SSSR count). The normalized spacial score (nSPS) is 10.9. The van der Waals surface area contributed by atoms with E-state index in [4.69, 9.17) is 4.74 Å². The summed E-state index contributed by atoms with van der Waals surface area (Å²) in [5, 5.41) is 2.77. The third-order valence-corrected chi connectivity index (χ3v) is 3.65. The summed E-state index contributed by atoms with van der Waals surface area (Å²) < 4.78 is 20.6. The Kier molecular flexibility index (Phi) is 3.99. The number of aromatic nitrogens is 3. The van der Waals surface area contributed by atoms with Crippen LogP contribution in [0.4, 0.5) is 4.39 Å². The van der Waals surface area contributed by atoms with Crippen molar-refractivity contribution >= 4 is 27.5 Å². The molecule has 23 heavy (non-hydrogen) atoms. The average Bonchev–Trinajstić information content (AvgIpc) is 2.91. The first-order chi connectivity index (χ1) is 11.0. The number of H-pyrrole nitrogens is 1. The summed E-state index contributed by atoms with van der Waals surface area (Å²) in [5.74, 6) is -1.13. The molecule has 1 aromatic carbocycles. The molecule has 3 aromatic rings. The number of benzene rings is 1. The zero-order valence-corrected chi connectivity index (χ0v) is 13.6. The van der Waals surface area contributed by atoms with Gasteiger partial charge in [-0.2, -0.15) is 0 Å². The van der Waals surface area contributed by atoms with E-state index < -0.39 is 17.3 Å². The van der Waals surface area contributed by atoms with E-state index in [-0.39, 0.29) is 23.5 Å². The summed E-state index contributed by atoms with van der Waals surface area (Å²) in [7, 11) is 0. The van der Waals surface area contributed by atoms with Crippen LogP contribution < -0.4 is 5.56 Å². The minimum atomic E-state index is -0.676. The van der Waals surface area contributed by atoms with E-state index in [1.807, 2.05) is 0 Å². The van der Waals surface area contributed by atoms with Gasteiger partial charge in [-0.3, -0.25) is 9.89 Å². The number of carbonyl (C=O) groups excluding carboxylic acids is 1. The lowest BCUT2D eigenvalue weighted by Crippen LogP contribution is -2.18. The van der Waals surface area contributed by atoms with Crippen molar-refractivity contribution in [1.82, 2.24) is 14.6 Å². The lowest BCUT2D eigenvalue weighted by Gasteiger charge is -2.00. The molecule has 2 aromatic heterocycles. The van der Waals surface area contributed by atoms with E-state index in [0.717, 1.165) is 10.6 Å². The number of halogens is 2. The number of nitrogens with zero attached hydrogens (tertiary/aromatic N) is 2. The first kappa shape index (κ1) is 15.4. The number of fused-ring (bicyclic) bond motifs is 1. The Balaban J connectivity index is 2.13. The zero-order chi connectivity index (χ0) is 16.6. The van der Waals surface area contributed by atoms with Crippen molar-refractivity contribution in [3.05, 3.63) is 56.7 Å². The molecule has 0 amide bonds. The SMILES string of the molecule is CCOC(=O)c1cc(=O)n2[nH]c(-c3ccc(Br)cc3F)cc2n1. The van der Waals surface area contributed by atoms with E-state index in [0.29, 0.717) is 10.2 Å². The number of aromatic amines is 1. The quantitative estimate of drug-likeness (QED) is 0.709. The highest BCUT2D eigenvalue weighted by Gasteiger charge is 2.15. The Morgan fingerprint density at radius 1 is 1.39 bits per heavy atom. The lowest BCUT2D eigenvalue weighted by atomic mass is 10.1. The fourth-order valence-corrected chi connectivity index (χ4v) is 2.48. The first-order valence-electron chi connectivity index (χ1n) is 6.75. The molecule has 1 N–H and O–H groups in total. The van der Waals surface area contributed by atoms with Gasteiger partial charge in [0, 0.05) is 22.2 Å². The highest BCUT2D eigenvalue weighted by molar-refractivity contribution is 9.10. The van der Waals surface area contributed by atoms with Crippen LogP contribution in [-0.2, 0) is 4.74 Å². The molecule has 0 spiro atoms. The molecule has 8 heteroatoms. The fraction of sp³-hybridized carbons (Fsp3) is 0.133. The van der Waals surface area contributed by atoms with Crippen LogP contribution in [0.3, 0.4) is 0 Å². The van der Waals surface area contributed by atoms with Gasteiger partial charge in [-0.1, -0.05) is 15.9 Å². The minimum Gasteiger partial charge on any atom is -0.461 e. The van der Waals surface area contributed by atoms with E-state index in [1.54, 1.807) is 19.1 Å². The average molecular weight is 380 g/mol. The van der Waals surface area contributed by atoms with Crippen LogP contribution in [0.5, 0.6) is 0 Å². The van der Waals surface area contributed by atoms with Crippen LogP contribution in [0.2, 0.25) is 0 Å². The van der Waals surface area contributed by atoms with Crippen LogP contribution in [0, 0.1) is 5.82 Å². The van der Waals surface area contributed by atoms with Gasteiger partial charge in [-0.05, 0) is 25.1 Å². The minimum absolute atomic E-state index is 0.0846. The van der Waals surface area contributed by atoms with E-state index in [2.05, 4.69) is 26.0 Å². The second kappa shape index (κ2) is 5.96.